The van der Waals surface area contributed by atoms with Crippen molar-refractivity contribution in [3.05, 3.63) is 40.4 Å². The Labute approximate surface area is 136 Å². The molecule has 5 nitrogen and oxygen atoms in total. The zero-order valence-corrected chi connectivity index (χ0v) is 14.0. The highest BCUT2D eigenvalue weighted by Gasteiger charge is 2.12. The van der Waals surface area contributed by atoms with Crippen molar-refractivity contribution >= 4 is 22.2 Å². The zero-order valence-electron chi connectivity index (χ0n) is 12.4. The molecule has 0 spiro atoms. The van der Waals surface area contributed by atoms with Crippen molar-refractivity contribution in [1.82, 2.24) is 0 Å². The van der Waals surface area contributed by atoms with Gasteiger partial charge in [-0.1, -0.05) is 0 Å². The lowest BCUT2D eigenvalue weighted by Crippen LogP contribution is -1.95. The number of methoxy groups -OCH3 is 3. The van der Waals surface area contributed by atoms with Crippen molar-refractivity contribution in [2.75, 3.05) is 21.3 Å². The van der Waals surface area contributed by atoms with Gasteiger partial charge in [0.25, 0.3) is 0 Å². The number of carbonyl (C=O) groups is 1. The first-order valence-electron chi connectivity index (χ1n) is 6.35. The average Bonchev–Trinajstić information content (AvgIpc) is 2.55. The lowest BCUT2D eigenvalue weighted by molar-refractivity contribution is 0.112. The number of aldehydes is 1. The monoisotopic (exact) mass is 366 g/mol. The van der Waals surface area contributed by atoms with Gasteiger partial charge in [0.1, 0.15) is 17.2 Å². The fourth-order valence-corrected chi connectivity index (χ4v) is 2.42. The van der Waals surface area contributed by atoms with E-state index in [2.05, 4.69) is 15.9 Å². The third kappa shape index (κ3) is 3.33. The minimum Gasteiger partial charge on any atom is -0.495 e. The van der Waals surface area contributed by atoms with E-state index in [1.54, 1.807) is 51.7 Å². The van der Waals surface area contributed by atoms with Gasteiger partial charge in [0.15, 0.2) is 17.8 Å². The van der Waals surface area contributed by atoms with Gasteiger partial charge >= 0.3 is 0 Å². The second kappa shape index (κ2) is 7.17. The van der Waals surface area contributed by atoms with Crippen LogP contribution in [0.2, 0.25) is 0 Å². The lowest BCUT2D eigenvalue weighted by Gasteiger charge is -2.13. The van der Waals surface area contributed by atoms with E-state index in [0.717, 1.165) is 6.29 Å². The van der Waals surface area contributed by atoms with Gasteiger partial charge in [-0.05, 0) is 34.1 Å². The Morgan fingerprint density at radius 3 is 2.14 bits per heavy atom. The second-order valence-electron chi connectivity index (χ2n) is 4.26. The third-order valence-corrected chi connectivity index (χ3v) is 3.61. The quantitative estimate of drug-likeness (QED) is 0.721. The fraction of sp³-hybridized carbons (Fsp3) is 0.188. The van der Waals surface area contributed by atoms with Crippen LogP contribution in [0.25, 0.3) is 0 Å². The van der Waals surface area contributed by atoms with Gasteiger partial charge in [-0.3, -0.25) is 4.79 Å². The molecule has 2 aromatic carbocycles. The van der Waals surface area contributed by atoms with Crippen LogP contribution in [0, 0.1) is 0 Å². The minimum atomic E-state index is 0.391. The number of halogens is 1. The smallest absolute Gasteiger partial charge is 0.164 e. The molecule has 0 radical (unpaired) electrons. The van der Waals surface area contributed by atoms with Gasteiger partial charge in [-0.15, -0.1) is 0 Å². The van der Waals surface area contributed by atoms with Gasteiger partial charge in [0, 0.05) is 12.1 Å². The van der Waals surface area contributed by atoms with E-state index in [1.165, 1.54) is 0 Å². The summed E-state index contributed by atoms with van der Waals surface area (Å²) in [5.74, 6) is 2.61. The molecule has 0 saturated heterocycles. The summed E-state index contributed by atoms with van der Waals surface area (Å²) < 4.78 is 22.1. The number of ether oxygens (including phenoxy) is 4. The van der Waals surface area contributed by atoms with E-state index < -0.39 is 0 Å². The van der Waals surface area contributed by atoms with Gasteiger partial charge in [-0.2, -0.15) is 0 Å². The molecule has 0 N–H and O–H groups in total. The Hall–Kier alpha value is -2.21. The summed E-state index contributed by atoms with van der Waals surface area (Å²) in [7, 11) is 4.64. The van der Waals surface area contributed by atoms with Crippen LogP contribution in [-0.4, -0.2) is 27.6 Å². The van der Waals surface area contributed by atoms with Crippen LogP contribution < -0.4 is 18.9 Å². The summed E-state index contributed by atoms with van der Waals surface area (Å²) in [5.41, 5.74) is 0.405. The number of rotatable bonds is 6. The van der Waals surface area contributed by atoms with Crippen molar-refractivity contribution in [2.45, 2.75) is 0 Å². The highest BCUT2D eigenvalue weighted by molar-refractivity contribution is 9.10. The summed E-state index contributed by atoms with van der Waals surface area (Å²) in [5, 5.41) is 0. The standard InChI is InChI=1S/C16H15BrO5/c1-19-13-5-4-11(7-16(13)21-3)22-14-8-15(20-2)12(17)6-10(14)9-18/h4-9H,1-3H3. The van der Waals surface area contributed by atoms with Crippen molar-refractivity contribution in [3.63, 3.8) is 0 Å². The zero-order chi connectivity index (χ0) is 16.1. The van der Waals surface area contributed by atoms with Crippen LogP contribution in [0.1, 0.15) is 10.4 Å². The first-order valence-corrected chi connectivity index (χ1v) is 7.14. The molecule has 0 bridgehead atoms. The van der Waals surface area contributed by atoms with E-state index in [4.69, 9.17) is 18.9 Å². The predicted molar refractivity (Wildman–Crippen MR) is 85.7 cm³/mol. The molecule has 0 saturated carbocycles. The van der Waals surface area contributed by atoms with Crippen LogP contribution in [0.4, 0.5) is 0 Å². The van der Waals surface area contributed by atoms with Crippen LogP contribution in [-0.2, 0) is 0 Å². The molecule has 0 aliphatic carbocycles. The van der Waals surface area contributed by atoms with E-state index in [1.807, 2.05) is 0 Å². The summed E-state index contributed by atoms with van der Waals surface area (Å²) in [6.45, 7) is 0. The number of carbonyl (C=O) groups excluding carboxylic acids is 1. The van der Waals surface area contributed by atoms with Gasteiger partial charge in [-0.25, -0.2) is 0 Å². The molecule has 0 aromatic heterocycles. The summed E-state index contributed by atoms with van der Waals surface area (Å²) in [6.07, 6.45) is 0.723. The van der Waals surface area contributed by atoms with Gasteiger partial charge < -0.3 is 18.9 Å². The van der Waals surface area contributed by atoms with Crippen molar-refractivity contribution in [3.8, 4) is 28.7 Å². The van der Waals surface area contributed by atoms with Crippen LogP contribution in [0.3, 0.4) is 0 Å². The molecule has 6 heteroatoms. The number of hydrogen-bond acceptors (Lipinski definition) is 5. The highest BCUT2D eigenvalue weighted by Crippen LogP contribution is 2.37. The van der Waals surface area contributed by atoms with Gasteiger partial charge in [0.2, 0.25) is 0 Å². The van der Waals surface area contributed by atoms with Crippen LogP contribution in [0.5, 0.6) is 28.7 Å². The summed E-state index contributed by atoms with van der Waals surface area (Å²) in [6, 6.07) is 8.42. The summed E-state index contributed by atoms with van der Waals surface area (Å²) in [4.78, 5) is 11.2. The molecule has 2 rings (SSSR count). The molecule has 2 aromatic rings. The highest BCUT2D eigenvalue weighted by atomic mass is 79.9. The Morgan fingerprint density at radius 1 is 0.864 bits per heavy atom. The SMILES string of the molecule is COc1cc(Oc2ccc(OC)c(OC)c2)c(C=O)cc1Br. The maximum atomic E-state index is 11.2. The Kier molecular flexibility index (Phi) is 5.27. The topological polar surface area (TPSA) is 54.0 Å². The van der Waals surface area contributed by atoms with E-state index in [9.17, 15) is 4.79 Å². The maximum Gasteiger partial charge on any atom is 0.164 e. The molecular weight excluding hydrogens is 352 g/mol. The van der Waals surface area contributed by atoms with E-state index >= 15 is 0 Å². The molecule has 0 aliphatic heterocycles. The Balaban J connectivity index is 2.39. The van der Waals surface area contributed by atoms with Gasteiger partial charge in [0.05, 0.1) is 31.4 Å². The Bertz CT molecular complexity index is 684. The normalized spacial score (nSPS) is 10.0. The molecule has 22 heavy (non-hydrogen) atoms. The third-order valence-electron chi connectivity index (χ3n) is 2.99. The Morgan fingerprint density at radius 2 is 1.55 bits per heavy atom. The van der Waals surface area contributed by atoms with E-state index in [-0.39, 0.29) is 0 Å². The fourth-order valence-electron chi connectivity index (χ4n) is 1.89. The van der Waals surface area contributed by atoms with Crippen molar-refractivity contribution in [1.29, 1.82) is 0 Å². The molecule has 0 fully saturated rings. The van der Waals surface area contributed by atoms with Crippen LogP contribution >= 0.6 is 15.9 Å². The van der Waals surface area contributed by atoms with Crippen LogP contribution in [0.15, 0.2) is 34.8 Å². The average molecular weight is 367 g/mol. The molecule has 0 unspecified atom stereocenters. The lowest BCUT2D eigenvalue weighted by atomic mass is 10.2. The van der Waals surface area contributed by atoms with E-state index in [0.29, 0.717) is 38.8 Å². The van der Waals surface area contributed by atoms with Crippen molar-refractivity contribution < 1.29 is 23.7 Å². The molecule has 0 atom stereocenters. The molecule has 0 heterocycles. The molecule has 0 aliphatic rings. The number of benzene rings is 2. The predicted octanol–water partition coefficient (Wildman–Crippen LogP) is 4.08. The first kappa shape index (κ1) is 16.2. The molecular formula is C16H15BrO5. The molecule has 116 valence electrons. The second-order valence-corrected chi connectivity index (χ2v) is 5.12. The van der Waals surface area contributed by atoms with Crippen molar-refractivity contribution in [2.24, 2.45) is 0 Å². The molecule has 0 amide bonds. The summed E-state index contributed by atoms with van der Waals surface area (Å²) >= 11 is 3.33. The largest absolute Gasteiger partial charge is 0.495 e. The maximum absolute atomic E-state index is 11.2. The minimum absolute atomic E-state index is 0.391. The first-order chi connectivity index (χ1) is 10.6. The number of hydrogen-bond donors (Lipinski definition) is 0.